The van der Waals surface area contributed by atoms with Gasteiger partial charge in [0.25, 0.3) is 0 Å². The summed E-state index contributed by atoms with van der Waals surface area (Å²) in [5, 5.41) is 3.16. The summed E-state index contributed by atoms with van der Waals surface area (Å²) in [6.45, 7) is 3.71. The van der Waals surface area contributed by atoms with Crippen LogP contribution in [0.4, 0.5) is 5.82 Å². The van der Waals surface area contributed by atoms with E-state index in [1.807, 2.05) is 12.3 Å². The smallest absolute Gasteiger partial charge is 0.305 e. The molecule has 1 fully saturated rings. The van der Waals surface area contributed by atoms with Gasteiger partial charge in [-0.3, -0.25) is 4.79 Å². The highest BCUT2D eigenvalue weighted by molar-refractivity contribution is 7.16. The van der Waals surface area contributed by atoms with Crippen LogP contribution in [0.25, 0.3) is 10.2 Å². The van der Waals surface area contributed by atoms with Gasteiger partial charge in [-0.1, -0.05) is 0 Å². The molecule has 5 nitrogen and oxygen atoms in total. The summed E-state index contributed by atoms with van der Waals surface area (Å²) in [5.41, 5.74) is 0. The zero-order valence-corrected chi connectivity index (χ0v) is 12.4. The monoisotopic (exact) mass is 291 g/mol. The summed E-state index contributed by atoms with van der Waals surface area (Å²) in [4.78, 5) is 23.7. The number of carbonyl (C=O) groups is 1. The van der Waals surface area contributed by atoms with Crippen molar-refractivity contribution in [2.45, 2.75) is 19.8 Å². The van der Waals surface area contributed by atoms with Crippen LogP contribution >= 0.6 is 11.3 Å². The van der Waals surface area contributed by atoms with Gasteiger partial charge in [-0.05, 0) is 30.7 Å². The first-order valence-electron chi connectivity index (χ1n) is 6.71. The minimum Gasteiger partial charge on any atom is -0.469 e. The van der Waals surface area contributed by atoms with E-state index in [0.29, 0.717) is 12.3 Å². The molecular formula is C14H17N3O2S. The number of rotatable bonds is 3. The Morgan fingerprint density at radius 3 is 3.20 bits per heavy atom. The van der Waals surface area contributed by atoms with Crippen LogP contribution in [0.2, 0.25) is 0 Å². The molecule has 0 amide bonds. The topological polar surface area (TPSA) is 55.3 Å². The molecule has 0 aliphatic carbocycles. The number of fused-ring (bicyclic) bond motifs is 1. The van der Waals surface area contributed by atoms with E-state index in [-0.39, 0.29) is 5.97 Å². The van der Waals surface area contributed by atoms with Crippen LogP contribution in [0.15, 0.2) is 11.4 Å². The molecule has 0 bridgehead atoms. The average molecular weight is 291 g/mol. The number of nitrogens with zero attached hydrogens (tertiary/aromatic N) is 3. The molecule has 1 aliphatic rings. The molecule has 0 aromatic carbocycles. The molecule has 1 aliphatic heterocycles. The van der Waals surface area contributed by atoms with Crippen LogP contribution < -0.4 is 4.90 Å². The molecule has 0 N–H and O–H groups in total. The fourth-order valence-corrected chi connectivity index (χ4v) is 3.50. The summed E-state index contributed by atoms with van der Waals surface area (Å²) in [5.74, 6) is 2.02. The third-order valence-corrected chi connectivity index (χ3v) is 4.49. The maximum atomic E-state index is 11.4. The van der Waals surface area contributed by atoms with Crippen molar-refractivity contribution < 1.29 is 9.53 Å². The summed E-state index contributed by atoms with van der Waals surface area (Å²) >= 11 is 1.64. The van der Waals surface area contributed by atoms with Gasteiger partial charge in [-0.25, -0.2) is 9.97 Å². The predicted octanol–water partition coefficient (Wildman–Crippen LogP) is 2.39. The normalized spacial score (nSPS) is 18.7. The zero-order chi connectivity index (χ0) is 14.1. The second-order valence-corrected chi connectivity index (χ2v) is 6.01. The van der Waals surface area contributed by atoms with Crippen molar-refractivity contribution in [2.24, 2.45) is 5.92 Å². The second kappa shape index (κ2) is 5.36. The molecule has 0 radical (unpaired) electrons. The number of hydrogen-bond acceptors (Lipinski definition) is 6. The van der Waals surface area contributed by atoms with Crippen LogP contribution in [0.5, 0.6) is 0 Å². The molecule has 20 heavy (non-hydrogen) atoms. The standard InChI is InChI=1S/C14H17N3O2S/c1-9-15-13(11-4-6-20-14(11)16-9)17-5-3-10(8-17)7-12(18)19-2/h4,6,10H,3,5,7-8H2,1-2H3. The zero-order valence-electron chi connectivity index (χ0n) is 11.6. The van der Waals surface area contributed by atoms with E-state index in [0.717, 1.165) is 41.4 Å². The lowest BCUT2D eigenvalue weighted by atomic mass is 10.1. The van der Waals surface area contributed by atoms with E-state index < -0.39 is 0 Å². The lowest BCUT2D eigenvalue weighted by Gasteiger charge is -2.18. The van der Waals surface area contributed by atoms with Gasteiger partial charge < -0.3 is 9.64 Å². The number of thiophene rings is 1. The Morgan fingerprint density at radius 2 is 2.40 bits per heavy atom. The van der Waals surface area contributed by atoms with Crippen LogP contribution in [0.1, 0.15) is 18.7 Å². The third-order valence-electron chi connectivity index (χ3n) is 3.69. The molecule has 2 aromatic rings. The van der Waals surface area contributed by atoms with Gasteiger partial charge in [0.1, 0.15) is 16.5 Å². The Kier molecular flexibility index (Phi) is 3.56. The molecule has 2 aromatic heterocycles. The Morgan fingerprint density at radius 1 is 1.55 bits per heavy atom. The molecule has 1 unspecified atom stereocenters. The number of ether oxygens (including phenoxy) is 1. The Balaban J connectivity index is 1.82. The van der Waals surface area contributed by atoms with E-state index >= 15 is 0 Å². The highest BCUT2D eigenvalue weighted by atomic mass is 32.1. The van der Waals surface area contributed by atoms with Crippen LogP contribution in [0, 0.1) is 12.8 Å². The minimum absolute atomic E-state index is 0.128. The van der Waals surface area contributed by atoms with E-state index in [1.54, 1.807) is 11.3 Å². The van der Waals surface area contributed by atoms with Gasteiger partial charge >= 0.3 is 5.97 Å². The first-order valence-corrected chi connectivity index (χ1v) is 7.59. The molecule has 1 atom stereocenters. The molecule has 0 spiro atoms. The van der Waals surface area contributed by atoms with Gasteiger partial charge in [0.05, 0.1) is 18.9 Å². The van der Waals surface area contributed by atoms with Crippen molar-refractivity contribution in [3.8, 4) is 0 Å². The van der Waals surface area contributed by atoms with Crippen molar-refractivity contribution in [1.82, 2.24) is 9.97 Å². The van der Waals surface area contributed by atoms with Crippen molar-refractivity contribution >= 4 is 33.3 Å². The number of methoxy groups -OCH3 is 1. The first kappa shape index (κ1) is 13.3. The summed E-state index contributed by atoms with van der Waals surface area (Å²) < 4.78 is 4.75. The highest BCUT2D eigenvalue weighted by Crippen LogP contribution is 2.32. The van der Waals surface area contributed by atoms with Crippen molar-refractivity contribution in [2.75, 3.05) is 25.1 Å². The second-order valence-electron chi connectivity index (χ2n) is 5.11. The summed E-state index contributed by atoms with van der Waals surface area (Å²) in [6, 6.07) is 2.07. The Bertz CT molecular complexity index is 640. The fraction of sp³-hybridized carbons (Fsp3) is 0.500. The molecular weight excluding hydrogens is 274 g/mol. The molecule has 0 saturated carbocycles. The maximum absolute atomic E-state index is 11.4. The lowest BCUT2D eigenvalue weighted by Crippen LogP contribution is -2.22. The summed E-state index contributed by atoms with van der Waals surface area (Å²) in [6.07, 6.45) is 1.49. The van der Waals surface area contributed by atoms with Crippen LogP contribution in [0.3, 0.4) is 0 Å². The van der Waals surface area contributed by atoms with Crippen LogP contribution in [-0.4, -0.2) is 36.1 Å². The highest BCUT2D eigenvalue weighted by Gasteiger charge is 2.27. The fourth-order valence-electron chi connectivity index (χ4n) is 2.70. The number of aromatic nitrogens is 2. The summed E-state index contributed by atoms with van der Waals surface area (Å²) in [7, 11) is 1.44. The molecule has 3 rings (SSSR count). The van der Waals surface area contributed by atoms with Crippen molar-refractivity contribution in [1.29, 1.82) is 0 Å². The van der Waals surface area contributed by atoms with E-state index in [9.17, 15) is 4.79 Å². The molecule has 6 heteroatoms. The number of aryl methyl sites for hydroxylation is 1. The minimum atomic E-state index is -0.128. The first-order chi connectivity index (χ1) is 9.67. The predicted molar refractivity (Wildman–Crippen MR) is 79.1 cm³/mol. The quantitative estimate of drug-likeness (QED) is 0.813. The van der Waals surface area contributed by atoms with E-state index in [4.69, 9.17) is 4.74 Å². The maximum Gasteiger partial charge on any atom is 0.305 e. The van der Waals surface area contributed by atoms with E-state index in [1.165, 1.54) is 7.11 Å². The third kappa shape index (κ3) is 2.47. The van der Waals surface area contributed by atoms with Gasteiger partial charge in [0.15, 0.2) is 0 Å². The SMILES string of the molecule is COC(=O)CC1CCN(c2nc(C)nc3sccc23)C1. The van der Waals surface area contributed by atoms with Crippen molar-refractivity contribution in [3.05, 3.63) is 17.3 Å². The van der Waals surface area contributed by atoms with Crippen LogP contribution in [-0.2, 0) is 9.53 Å². The van der Waals surface area contributed by atoms with Gasteiger partial charge in [-0.15, -0.1) is 11.3 Å². The van der Waals surface area contributed by atoms with Crippen molar-refractivity contribution in [3.63, 3.8) is 0 Å². The van der Waals surface area contributed by atoms with E-state index in [2.05, 4.69) is 20.9 Å². The average Bonchev–Trinajstić information content (AvgIpc) is 3.06. The number of esters is 1. The molecule has 1 saturated heterocycles. The number of anilines is 1. The Hall–Kier alpha value is -1.69. The lowest BCUT2D eigenvalue weighted by molar-refractivity contribution is -0.141. The molecule has 106 valence electrons. The van der Waals surface area contributed by atoms with Gasteiger partial charge in [-0.2, -0.15) is 0 Å². The molecule has 3 heterocycles. The Labute approximate surface area is 121 Å². The number of hydrogen-bond donors (Lipinski definition) is 0. The number of carbonyl (C=O) groups excluding carboxylic acids is 1. The van der Waals surface area contributed by atoms with Gasteiger partial charge in [0, 0.05) is 13.1 Å². The largest absolute Gasteiger partial charge is 0.469 e. The van der Waals surface area contributed by atoms with Gasteiger partial charge in [0.2, 0.25) is 0 Å².